The Balaban J connectivity index is 1.95. The third kappa shape index (κ3) is 3.10. The highest BCUT2D eigenvalue weighted by Gasteiger charge is 2.33. The van der Waals surface area contributed by atoms with Gasteiger partial charge in [0.1, 0.15) is 0 Å². The molecule has 1 saturated carbocycles. The van der Waals surface area contributed by atoms with Crippen LogP contribution < -0.4 is 4.72 Å². The molecule has 0 aromatic heterocycles. The molecule has 100 valence electrons. The Kier molecular flexibility index (Phi) is 3.75. The van der Waals surface area contributed by atoms with E-state index in [2.05, 4.69) is 4.72 Å². The molecule has 0 amide bonds. The minimum absolute atomic E-state index is 0.281. The first-order chi connectivity index (χ1) is 8.41. The molecule has 1 aliphatic rings. The van der Waals surface area contributed by atoms with Crippen LogP contribution in [0.1, 0.15) is 31.2 Å². The van der Waals surface area contributed by atoms with E-state index in [1.165, 1.54) is 0 Å². The highest BCUT2D eigenvalue weighted by atomic mass is 32.2. The van der Waals surface area contributed by atoms with E-state index >= 15 is 0 Å². The zero-order valence-corrected chi connectivity index (χ0v) is 11.3. The average molecular weight is 269 g/mol. The Bertz CT molecular complexity index is 521. The molecule has 1 aliphatic carbocycles. The highest BCUT2D eigenvalue weighted by molar-refractivity contribution is 7.89. The van der Waals surface area contributed by atoms with Crippen molar-refractivity contribution in [3.8, 4) is 0 Å². The number of rotatable bonds is 5. The number of sulfonamides is 1. The molecule has 0 unspecified atom stereocenters. The van der Waals surface area contributed by atoms with Gasteiger partial charge in [-0.2, -0.15) is 0 Å². The largest absolute Gasteiger partial charge is 0.390 e. The first-order valence-electron chi connectivity index (χ1n) is 6.20. The van der Waals surface area contributed by atoms with Crippen LogP contribution in [0.25, 0.3) is 0 Å². The fourth-order valence-electron chi connectivity index (χ4n) is 2.12. The second kappa shape index (κ2) is 4.99. The smallest absolute Gasteiger partial charge is 0.240 e. The van der Waals surface area contributed by atoms with Gasteiger partial charge in [0.25, 0.3) is 0 Å². The molecule has 0 aliphatic heterocycles. The average Bonchev–Trinajstić information content (AvgIpc) is 2.26. The van der Waals surface area contributed by atoms with Gasteiger partial charge in [-0.25, -0.2) is 13.1 Å². The van der Waals surface area contributed by atoms with Crippen molar-refractivity contribution in [2.24, 2.45) is 0 Å². The van der Waals surface area contributed by atoms with Gasteiger partial charge in [0.2, 0.25) is 10.0 Å². The van der Waals surface area contributed by atoms with Crippen LogP contribution in [0.15, 0.2) is 29.2 Å². The van der Waals surface area contributed by atoms with Crippen LogP contribution in [0.2, 0.25) is 0 Å². The lowest BCUT2D eigenvalue weighted by Gasteiger charge is -2.36. The van der Waals surface area contributed by atoms with Crippen molar-refractivity contribution in [2.75, 3.05) is 6.54 Å². The van der Waals surface area contributed by atoms with Crippen LogP contribution in [0.5, 0.6) is 0 Å². The topological polar surface area (TPSA) is 66.4 Å². The number of aryl methyl sites for hydroxylation is 1. The van der Waals surface area contributed by atoms with Gasteiger partial charge in [-0.3, -0.25) is 0 Å². The normalized spacial score (nSPS) is 18.3. The molecule has 4 nitrogen and oxygen atoms in total. The second-order valence-corrected chi connectivity index (χ2v) is 6.81. The van der Waals surface area contributed by atoms with E-state index in [-0.39, 0.29) is 11.4 Å². The first-order valence-corrected chi connectivity index (χ1v) is 7.68. The van der Waals surface area contributed by atoms with E-state index in [4.69, 9.17) is 0 Å². The summed E-state index contributed by atoms with van der Waals surface area (Å²) >= 11 is 0. The molecule has 5 heteroatoms. The van der Waals surface area contributed by atoms with E-state index in [9.17, 15) is 13.5 Å². The van der Waals surface area contributed by atoms with Crippen molar-refractivity contribution in [1.29, 1.82) is 0 Å². The molecular formula is C13H19NO3S. The zero-order valence-electron chi connectivity index (χ0n) is 10.5. The molecule has 2 N–H and O–H groups in total. The summed E-state index contributed by atoms with van der Waals surface area (Å²) in [6, 6.07) is 6.80. The van der Waals surface area contributed by atoms with E-state index in [0.717, 1.165) is 24.8 Å². The molecule has 0 radical (unpaired) electrons. The summed E-state index contributed by atoms with van der Waals surface area (Å²) in [5.41, 5.74) is 0.269. The van der Waals surface area contributed by atoms with Crippen molar-refractivity contribution in [3.63, 3.8) is 0 Å². The summed E-state index contributed by atoms with van der Waals surface area (Å²) in [6.45, 7) is 2.14. The minimum atomic E-state index is -3.45. The minimum Gasteiger partial charge on any atom is -0.390 e. The lowest BCUT2D eigenvalue weighted by atomic mass is 9.78. The Hall–Kier alpha value is -0.910. The molecule has 18 heavy (non-hydrogen) atoms. The number of nitrogens with one attached hydrogen (secondary N) is 1. The van der Waals surface area contributed by atoms with Crippen LogP contribution in [0.3, 0.4) is 0 Å². The molecule has 2 rings (SSSR count). The monoisotopic (exact) mass is 269 g/mol. The molecule has 1 aromatic carbocycles. The SMILES string of the molecule is Cc1cccc(S(=O)(=O)NCCC2(O)CCC2)c1. The Labute approximate surface area is 108 Å². The molecular weight excluding hydrogens is 250 g/mol. The summed E-state index contributed by atoms with van der Waals surface area (Å²) < 4.78 is 26.5. The summed E-state index contributed by atoms with van der Waals surface area (Å²) in [5, 5.41) is 9.89. The van der Waals surface area contributed by atoms with Gasteiger partial charge in [-0.05, 0) is 50.3 Å². The molecule has 0 spiro atoms. The molecule has 1 aromatic rings. The molecule has 0 bridgehead atoms. The number of aliphatic hydroxyl groups is 1. The van der Waals surface area contributed by atoms with E-state index in [1.807, 2.05) is 13.0 Å². The van der Waals surface area contributed by atoms with Crippen molar-refractivity contribution < 1.29 is 13.5 Å². The Morgan fingerprint density at radius 3 is 2.67 bits per heavy atom. The number of hydrogen-bond acceptors (Lipinski definition) is 3. The number of benzene rings is 1. The van der Waals surface area contributed by atoms with Crippen molar-refractivity contribution in [3.05, 3.63) is 29.8 Å². The number of hydrogen-bond donors (Lipinski definition) is 2. The molecule has 0 atom stereocenters. The maximum Gasteiger partial charge on any atom is 0.240 e. The van der Waals surface area contributed by atoms with E-state index < -0.39 is 15.6 Å². The van der Waals surface area contributed by atoms with E-state index in [1.54, 1.807) is 18.2 Å². The third-order valence-electron chi connectivity index (χ3n) is 3.47. The maximum absolute atomic E-state index is 12.0. The van der Waals surface area contributed by atoms with Gasteiger partial charge in [0.05, 0.1) is 10.5 Å². The van der Waals surface area contributed by atoms with Crippen LogP contribution in [0.4, 0.5) is 0 Å². The van der Waals surface area contributed by atoms with E-state index in [0.29, 0.717) is 6.42 Å². The van der Waals surface area contributed by atoms with Crippen LogP contribution >= 0.6 is 0 Å². The lowest BCUT2D eigenvalue weighted by Crippen LogP contribution is -2.40. The predicted octanol–water partition coefficient (Wildman–Crippen LogP) is 1.58. The molecule has 0 saturated heterocycles. The zero-order chi connectivity index (χ0) is 13.2. The summed E-state index contributed by atoms with van der Waals surface area (Å²) in [5.74, 6) is 0. The fourth-order valence-corrected chi connectivity index (χ4v) is 3.26. The Morgan fingerprint density at radius 1 is 1.39 bits per heavy atom. The quantitative estimate of drug-likeness (QED) is 0.853. The van der Waals surface area contributed by atoms with Crippen molar-refractivity contribution in [2.45, 2.75) is 43.1 Å². The van der Waals surface area contributed by atoms with Gasteiger partial charge < -0.3 is 5.11 Å². The standard InChI is InChI=1S/C13H19NO3S/c1-11-4-2-5-12(10-11)18(16,17)14-9-8-13(15)6-3-7-13/h2,4-5,10,14-15H,3,6-9H2,1H3. The van der Waals surface area contributed by atoms with Gasteiger partial charge >= 0.3 is 0 Å². The second-order valence-electron chi connectivity index (χ2n) is 5.04. The predicted molar refractivity (Wildman–Crippen MR) is 69.8 cm³/mol. The maximum atomic E-state index is 12.0. The third-order valence-corrected chi connectivity index (χ3v) is 4.93. The summed E-state index contributed by atoms with van der Waals surface area (Å²) in [6.07, 6.45) is 3.07. The van der Waals surface area contributed by atoms with Crippen molar-refractivity contribution in [1.82, 2.24) is 4.72 Å². The van der Waals surface area contributed by atoms with Gasteiger partial charge in [0, 0.05) is 6.54 Å². The lowest BCUT2D eigenvalue weighted by molar-refractivity contribution is -0.0385. The summed E-state index contributed by atoms with van der Waals surface area (Å²) in [4.78, 5) is 0.281. The van der Waals surface area contributed by atoms with Gasteiger partial charge in [0.15, 0.2) is 0 Å². The fraction of sp³-hybridized carbons (Fsp3) is 0.538. The van der Waals surface area contributed by atoms with Crippen molar-refractivity contribution >= 4 is 10.0 Å². The van der Waals surface area contributed by atoms with Crippen LogP contribution in [-0.2, 0) is 10.0 Å². The van der Waals surface area contributed by atoms with Crippen LogP contribution in [-0.4, -0.2) is 25.7 Å². The van der Waals surface area contributed by atoms with Gasteiger partial charge in [-0.1, -0.05) is 12.1 Å². The highest BCUT2D eigenvalue weighted by Crippen LogP contribution is 2.34. The molecule has 1 fully saturated rings. The Morgan fingerprint density at radius 2 is 2.11 bits per heavy atom. The van der Waals surface area contributed by atoms with Crippen LogP contribution in [0, 0.1) is 6.92 Å². The first kappa shape index (κ1) is 13.5. The summed E-state index contributed by atoms with van der Waals surface area (Å²) in [7, 11) is -3.45. The molecule has 0 heterocycles. The van der Waals surface area contributed by atoms with Gasteiger partial charge in [-0.15, -0.1) is 0 Å².